The van der Waals surface area contributed by atoms with E-state index in [1.54, 1.807) is 0 Å². The minimum atomic E-state index is -0.0744. The van der Waals surface area contributed by atoms with Crippen molar-refractivity contribution in [2.75, 3.05) is 6.61 Å². The molecule has 1 saturated carbocycles. The second-order valence-electron chi connectivity index (χ2n) is 4.96. The lowest BCUT2D eigenvalue weighted by molar-refractivity contribution is -0.210. The molecule has 0 amide bonds. The molecular formula is C12H18O4. The number of fused-ring (bicyclic) bond motifs is 2. The van der Waals surface area contributed by atoms with Gasteiger partial charge in [-0.1, -0.05) is 0 Å². The molecule has 3 fully saturated rings. The predicted molar refractivity (Wildman–Crippen MR) is 55.7 cm³/mol. The summed E-state index contributed by atoms with van der Waals surface area (Å²) in [7, 11) is 0. The van der Waals surface area contributed by atoms with Gasteiger partial charge in [0.2, 0.25) is 0 Å². The van der Waals surface area contributed by atoms with Crippen molar-refractivity contribution in [3.05, 3.63) is 0 Å². The summed E-state index contributed by atoms with van der Waals surface area (Å²) < 4.78 is 16.8. The lowest BCUT2D eigenvalue weighted by Crippen LogP contribution is -2.37. The maximum atomic E-state index is 11.4. The summed E-state index contributed by atoms with van der Waals surface area (Å²) in [6.07, 6.45) is 5.93. The number of carbonyl (C=O) groups excluding carboxylic acids is 1. The number of esters is 1. The lowest BCUT2D eigenvalue weighted by atomic mass is 9.88. The van der Waals surface area contributed by atoms with Crippen LogP contribution in [0.5, 0.6) is 0 Å². The van der Waals surface area contributed by atoms with Crippen molar-refractivity contribution in [2.24, 2.45) is 5.92 Å². The highest BCUT2D eigenvalue weighted by Gasteiger charge is 2.44. The van der Waals surface area contributed by atoms with E-state index in [-0.39, 0.29) is 30.4 Å². The maximum Gasteiger partial charge on any atom is 0.309 e. The fourth-order valence-electron chi connectivity index (χ4n) is 2.85. The van der Waals surface area contributed by atoms with Gasteiger partial charge in [0.15, 0.2) is 6.29 Å². The van der Waals surface area contributed by atoms with Gasteiger partial charge in [0, 0.05) is 13.0 Å². The average Bonchev–Trinajstić information content (AvgIpc) is 2.61. The molecule has 2 saturated heterocycles. The molecule has 2 bridgehead atoms. The molecular weight excluding hydrogens is 208 g/mol. The average molecular weight is 226 g/mol. The summed E-state index contributed by atoms with van der Waals surface area (Å²) in [4.78, 5) is 11.4. The van der Waals surface area contributed by atoms with Crippen LogP contribution in [0.4, 0.5) is 0 Å². The standard InChI is InChI=1S/C12H18O4/c13-12-8-4-5-9(10(7-8)16-12)15-11-3-1-2-6-14-11/h8-11H,1-7H2. The van der Waals surface area contributed by atoms with Crippen LogP contribution in [0.1, 0.15) is 38.5 Å². The normalized spacial score (nSPS) is 43.1. The topological polar surface area (TPSA) is 44.8 Å². The van der Waals surface area contributed by atoms with E-state index in [2.05, 4.69) is 0 Å². The Balaban J connectivity index is 1.57. The number of hydrogen-bond acceptors (Lipinski definition) is 4. The smallest absolute Gasteiger partial charge is 0.309 e. The molecule has 16 heavy (non-hydrogen) atoms. The Morgan fingerprint density at radius 1 is 1.19 bits per heavy atom. The Bertz CT molecular complexity index is 272. The van der Waals surface area contributed by atoms with Gasteiger partial charge in [-0.2, -0.15) is 0 Å². The maximum absolute atomic E-state index is 11.4. The van der Waals surface area contributed by atoms with Crippen LogP contribution in [0, 0.1) is 5.92 Å². The molecule has 0 aromatic heterocycles. The first kappa shape index (κ1) is 10.5. The second-order valence-corrected chi connectivity index (χ2v) is 4.96. The first-order chi connectivity index (χ1) is 7.83. The van der Waals surface area contributed by atoms with Crippen molar-refractivity contribution in [3.63, 3.8) is 0 Å². The minimum absolute atomic E-state index is 0.0169. The fraction of sp³-hybridized carbons (Fsp3) is 0.917. The number of carbonyl (C=O) groups is 1. The Labute approximate surface area is 95.2 Å². The Morgan fingerprint density at radius 3 is 2.94 bits per heavy atom. The SMILES string of the molecule is O=C1OC2CC1CCC2OC1CCCCO1. The molecule has 4 nitrogen and oxygen atoms in total. The van der Waals surface area contributed by atoms with Gasteiger partial charge in [0.05, 0.1) is 12.0 Å². The van der Waals surface area contributed by atoms with E-state index in [1.807, 2.05) is 0 Å². The highest BCUT2D eigenvalue weighted by molar-refractivity contribution is 5.75. The van der Waals surface area contributed by atoms with E-state index in [1.165, 1.54) is 6.42 Å². The highest BCUT2D eigenvalue weighted by atomic mass is 16.7. The number of hydrogen-bond donors (Lipinski definition) is 0. The predicted octanol–water partition coefficient (Wildman–Crippen LogP) is 1.62. The van der Waals surface area contributed by atoms with Crippen molar-refractivity contribution in [1.82, 2.24) is 0 Å². The zero-order valence-electron chi connectivity index (χ0n) is 9.39. The third-order valence-electron chi connectivity index (χ3n) is 3.80. The van der Waals surface area contributed by atoms with Crippen LogP contribution in [0.3, 0.4) is 0 Å². The Morgan fingerprint density at radius 2 is 2.12 bits per heavy atom. The molecule has 1 aliphatic carbocycles. The van der Waals surface area contributed by atoms with Crippen molar-refractivity contribution in [3.8, 4) is 0 Å². The van der Waals surface area contributed by atoms with Gasteiger partial charge >= 0.3 is 5.97 Å². The number of rotatable bonds is 2. The summed E-state index contributed by atoms with van der Waals surface area (Å²) in [5.74, 6) is 0.109. The summed E-state index contributed by atoms with van der Waals surface area (Å²) in [6.45, 7) is 0.796. The molecule has 2 aliphatic heterocycles. The van der Waals surface area contributed by atoms with Gasteiger partial charge in [-0.25, -0.2) is 0 Å². The van der Waals surface area contributed by atoms with E-state index in [0.29, 0.717) is 0 Å². The number of ether oxygens (including phenoxy) is 3. The van der Waals surface area contributed by atoms with Gasteiger partial charge in [-0.15, -0.1) is 0 Å². The molecule has 0 spiro atoms. The summed E-state index contributed by atoms with van der Waals surface area (Å²) in [6, 6.07) is 0. The molecule has 4 unspecified atom stereocenters. The zero-order valence-corrected chi connectivity index (χ0v) is 9.39. The molecule has 0 aromatic carbocycles. The minimum Gasteiger partial charge on any atom is -0.459 e. The van der Waals surface area contributed by atoms with Gasteiger partial charge in [-0.3, -0.25) is 4.79 Å². The fourth-order valence-corrected chi connectivity index (χ4v) is 2.85. The van der Waals surface area contributed by atoms with Crippen LogP contribution in [0.25, 0.3) is 0 Å². The molecule has 90 valence electrons. The quantitative estimate of drug-likeness (QED) is 0.671. The third-order valence-corrected chi connectivity index (χ3v) is 3.80. The van der Waals surface area contributed by atoms with Crippen LogP contribution in [-0.4, -0.2) is 31.1 Å². The molecule has 0 radical (unpaired) electrons. The first-order valence-corrected chi connectivity index (χ1v) is 6.30. The van der Waals surface area contributed by atoms with Crippen molar-refractivity contribution in [2.45, 2.75) is 57.0 Å². The van der Waals surface area contributed by atoms with Gasteiger partial charge in [0.1, 0.15) is 6.10 Å². The molecule has 4 heteroatoms. The monoisotopic (exact) mass is 226 g/mol. The second kappa shape index (κ2) is 4.34. The zero-order chi connectivity index (χ0) is 11.0. The van der Waals surface area contributed by atoms with Crippen LogP contribution in [0.2, 0.25) is 0 Å². The van der Waals surface area contributed by atoms with Gasteiger partial charge < -0.3 is 14.2 Å². The van der Waals surface area contributed by atoms with Gasteiger partial charge in [0.25, 0.3) is 0 Å². The third kappa shape index (κ3) is 1.96. The van der Waals surface area contributed by atoms with Crippen LogP contribution in [0.15, 0.2) is 0 Å². The van der Waals surface area contributed by atoms with E-state index in [0.717, 1.165) is 38.7 Å². The Hall–Kier alpha value is -0.610. The molecule has 2 heterocycles. The molecule has 0 N–H and O–H groups in total. The molecule has 3 rings (SSSR count). The van der Waals surface area contributed by atoms with E-state index in [4.69, 9.17) is 14.2 Å². The van der Waals surface area contributed by atoms with Crippen molar-refractivity contribution < 1.29 is 19.0 Å². The molecule has 0 aromatic rings. The largest absolute Gasteiger partial charge is 0.459 e. The van der Waals surface area contributed by atoms with Gasteiger partial charge in [-0.05, 0) is 32.1 Å². The van der Waals surface area contributed by atoms with Crippen molar-refractivity contribution >= 4 is 5.97 Å². The van der Waals surface area contributed by atoms with Crippen LogP contribution < -0.4 is 0 Å². The lowest BCUT2D eigenvalue weighted by Gasteiger charge is -2.31. The van der Waals surface area contributed by atoms with E-state index in [9.17, 15) is 4.79 Å². The summed E-state index contributed by atoms with van der Waals surface area (Å²) in [5, 5.41) is 0. The van der Waals surface area contributed by atoms with Crippen molar-refractivity contribution in [1.29, 1.82) is 0 Å². The van der Waals surface area contributed by atoms with E-state index < -0.39 is 0 Å². The molecule has 4 atom stereocenters. The van der Waals surface area contributed by atoms with Crippen LogP contribution in [-0.2, 0) is 19.0 Å². The van der Waals surface area contributed by atoms with E-state index >= 15 is 0 Å². The first-order valence-electron chi connectivity index (χ1n) is 6.30. The Kier molecular flexibility index (Phi) is 2.86. The summed E-state index contributed by atoms with van der Waals surface area (Å²) in [5.41, 5.74) is 0. The van der Waals surface area contributed by atoms with Crippen LogP contribution >= 0.6 is 0 Å². The summed E-state index contributed by atoms with van der Waals surface area (Å²) >= 11 is 0. The highest BCUT2D eigenvalue weighted by Crippen LogP contribution is 2.36. The molecule has 3 aliphatic rings.